The zero-order valence-corrected chi connectivity index (χ0v) is 10.9. The molecule has 100 valence electrons. The Labute approximate surface area is 113 Å². The minimum absolute atomic E-state index is 0.0596. The second-order valence-corrected chi connectivity index (χ2v) is 5.58. The third kappa shape index (κ3) is 2.56. The van der Waals surface area contributed by atoms with E-state index >= 15 is 0 Å². The maximum Gasteiger partial charge on any atom is 0.223 e. The highest BCUT2D eigenvalue weighted by Crippen LogP contribution is 2.43. The van der Waals surface area contributed by atoms with E-state index in [1.807, 2.05) is 24.3 Å². The van der Waals surface area contributed by atoms with Crippen molar-refractivity contribution in [2.75, 3.05) is 0 Å². The van der Waals surface area contributed by atoms with E-state index in [0.717, 1.165) is 24.0 Å². The van der Waals surface area contributed by atoms with Gasteiger partial charge in [0.2, 0.25) is 5.91 Å². The number of allylic oxidation sites excluding steroid dienone is 2. The lowest BCUT2D eigenvalue weighted by Crippen LogP contribution is -2.32. The van der Waals surface area contributed by atoms with Crippen LogP contribution in [0.4, 0.5) is 0 Å². The number of benzene rings is 1. The van der Waals surface area contributed by atoms with Crippen LogP contribution in [0.3, 0.4) is 0 Å². The van der Waals surface area contributed by atoms with Gasteiger partial charge in [0, 0.05) is 12.5 Å². The molecule has 2 aliphatic carbocycles. The van der Waals surface area contributed by atoms with Gasteiger partial charge >= 0.3 is 0 Å². The van der Waals surface area contributed by atoms with Gasteiger partial charge in [-0.25, -0.2) is 0 Å². The van der Waals surface area contributed by atoms with Crippen LogP contribution in [0, 0.1) is 17.8 Å². The van der Waals surface area contributed by atoms with E-state index in [1.54, 1.807) is 0 Å². The number of amides is 1. The highest BCUT2D eigenvalue weighted by Gasteiger charge is 2.39. The standard InChI is InChI=1S/C16H19NO2/c18-10-12-3-1-11(2-4-12)9-17-16(19)15-8-13-5-6-14(15)7-13/h1-6,13-15,18H,7-10H2,(H,17,19). The monoisotopic (exact) mass is 257 g/mol. The quantitative estimate of drug-likeness (QED) is 0.811. The molecule has 1 aromatic carbocycles. The summed E-state index contributed by atoms with van der Waals surface area (Å²) in [6.07, 6.45) is 6.62. The van der Waals surface area contributed by atoms with Gasteiger partial charge in [0.25, 0.3) is 0 Å². The van der Waals surface area contributed by atoms with Crippen molar-refractivity contribution in [3.63, 3.8) is 0 Å². The van der Waals surface area contributed by atoms with Gasteiger partial charge in [-0.2, -0.15) is 0 Å². The van der Waals surface area contributed by atoms with Crippen molar-refractivity contribution < 1.29 is 9.90 Å². The lowest BCUT2D eigenvalue weighted by molar-refractivity contribution is -0.125. The van der Waals surface area contributed by atoms with E-state index in [9.17, 15) is 4.79 Å². The minimum Gasteiger partial charge on any atom is -0.392 e. The molecule has 3 nitrogen and oxygen atoms in total. The van der Waals surface area contributed by atoms with Gasteiger partial charge in [0.1, 0.15) is 0 Å². The van der Waals surface area contributed by atoms with Crippen LogP contribution in [0.15, 0.2) is 36.4 Å². The van der Waals surface area contributed by atoms with Crippen molar-refractivity contribution in [3.05, 3.63) is 47.5 Å². The maximum absolute atomic E-state index is 12.1. The van der Waals surface area contributed by atoms with E-state index in [4.69, 9.17) is 5.11 Å². The molecule has 2 N–H and O–H groups in total. The fourth-order valence-corrected chi connectivity index (χ4v) is 3.16. The third-order valence-corrected chi connectivity index (χ3v) is 4.29. The average molecular weight is 257 g/mol. The van der Waals surface area contributed by atoms with E-state index in [2.05, 4.69) is 17.5 Å². The number of hydrogen-bond acceptors (Lipinski definition) is 2. The second kappa shape index (κ2) is 5.17. The van der Waals surface area contributed by atoms with E-state index < -0.39 is 0 Å². The highest BCUT2D eigenvalue weighted by molar-refractivity contribution is 5.79. The van der Waals surface area contributed by atoms with Crippen molar-refractivity contribution in [3.8, 4) is 0 Å². The van der Waals surface area contributed by atoms with Gasteiger partial charge in [-0.1, -0.05) is 36.4 Å². The molecule has 1 saturated carbocycles. The molecule has 0 radical (unpaired) electrons. The molecule has 2 aliphatic rings. The first kappa shape index (κ1) is 12.4. The summed E-state index contributed by atoms with van der Waals surface area (Å²) in [5, 5.41) is 12.0. The van der Waals surface area contributed by atoms with E-state index in [-0.39, 0.29) is 18.4 Å². The number of carbonyl (C=O) groups is 1. The summed E-state index contributed by atoms with van der Waals surface area (Å²) >= 11 is 0. The summed E-state index contributed by atoms with van der Waals surface area (Å²) in [5.41, 5.74) is 1.97. The lowest BCUT2D eigenvalue weighted by Gasteiger charge is -2.17. The first-order valence-electron chi connectivity index (χ1n) is 6.91. The molecular weight excluding hydrogens is 238 g/mol. The van der Waals surface area contributed by atoms with Crippen LogP contribution in [0.5, 0.6) is 0 Å². The van der Waals surface area contributed by atoms with Crippen LogP contribution in [-0.2, 0) is 17.9 Å². The van der Waals surface area contributed by atoms with Gasteiger partial charge in [-0.3, -0.25) is 4.79 Å². The van der Waals surface area contributed by atoms with Crippen LogP contribution in [0.2, 0.25) is 0 Å². The van der Waals surface area contributed by atoms with Crippen molar-refractivity contribution >= 4 is 5.91 Å². The van der Waals surface area contributed by atoms with Crippen LogP contribution in [0.1, 0.15) is 24.0 Å². The number of nitrogens with one attached hydrogen (secondary N) is 1. The largest absolute Gasteiger partial charge is 0.392 e. The normalized spacial score (nSPS) is 27.7. The average Bonchev–Trinajstić information content (AvgIpc) is 3.08. The molecule has 3 atom stereocenters. The summed E-state index contributed by atoms with van der Waals surface area (Å²) in [5.74, 6) is 1.45. The SMILES string of the molecule is O=C(NCc1ccc(CO)cc1)C1CC2C=CC1C2. The number of carbonyl (C=O) groups excluding carboxylic acids is 1. The molecule has 0 aliphatic heterocycles. The Morgan fingerprint density at radius 3 is 2.47 bits per heavy atom. The Morgan fingerprint density at radius 2 is 1.89 bits per heavy atom. The smallest absolute Gasteiger partial charge is 0.223 e. The van der Waals surface area contributed by atoms with Gasteiger partial charge in [0.05, 0.1) is 6.61 Å². The van der Waals surface area contributed by atoms with E-state index in [0.29, 0.717) is 18.4 Å². The minimum atomic E-state index is 0.0596. The molecule has 1 amide bonds. The third-order valence-electron chi connectivity index (χ3n) is 4.29. The number of rotatable bonds is 4. The van der Waals surface area contributed by atoms with Crippen molar-refractivity contribution in [1.82, 2.24) is 5.32 Å². The topological polar surface area (TPSA) is 49.3 Å². The van der Waals surface area contributed by atoms with Crippen molar-refractivity contribution in [1.29, 1.82) is 0 Å². The van der Waals surface area contributed by atoms with Crippen molar-refractivity contribution in [2.24, 2.45) is 17.8 Å². The molecular formula is C16H19NO2. The van der Waals surface area contributed by atoms with Crippen LogP contribution in [0.25, 0.3) is 0 Å². The second-order valence-electron chi connectivity index (χ2n) is 5.58. The molecule has 0 saturated heterocycles. The van der Waals surface area contributed by atoms with Gasteiger partial charge in [-0.05, 0) is 35.8 Å². The zero-order chi connectivity index (χ0) is 13.2. The molecule has 19 heavy (non-hydrogen) atoms. The summed E-state index contributed by atoms with van der Waals surface area (Å²) in [6, 6.07) is 7.68. The van der Waals surface area contributed by atoms with Crippen LogP contribution in [-0.4, -0.2) is 11.0 Å². The lowest BCUT2D eigenvalue weighted by atomic mass is 9.93. The van der Waals surface area contributed by atoms with Gasteiger partial charge in [0.15, 0.2) is 0 Å². The van der Waals surface area contributed by atoms with Crippen LogP contribution < -0.4 is 5.32 Å². The maximum atomic E-state index is 12.1. The van der Waals surface area contributed by atoms with Crippen LogP contribution >= 0.6 is 0 Å². The Bertz CT molecular complexity index is 492. The Hall–Kier alpha value is -1.61. The van der Waals surface area contributed by atoms with Gasteiger partial charge < -0.3 is 10.4 Å². The number of aliphatic hydroxyl groups excluding tert-OH is 1. The first-order valence-corrected chi connectivity index (χ1v) is 6.91. The predicted octanol–water partition coefficient (Wildman–Crippen LogP) is 2.01. The fraction of sp³-hybridized carbons (Fsp3) is 0.438. The summed E-state index contributed by atoms with van der Waals surface area (Å²) in [4.78, 5) is 12.1. The highest BCUT2D eigenvalue weighted by atomic mass is 16.3. The number of aliphatic hydroxyl groups is 1. The molecule has 3 heteroatoms. The fourth-order valence-electron chi connectivity index (χ4n) is 3.16. The zero-order valence-electron chi connectivity index (χ0n) is 10.9. The first-order chi connectivity index (χ1) is 9.26. The Balaban J connectivity index is 1.54. The van der Waals surface area contributed by atoms with Gasteiger partial charge in [-0.15, -0.1) is 0 Å². The molecule has 0 heterocycles. The summed E-state index contributed by atoms with van der Waals surface area (Å²) < 4.78 is 0. The predicted molar refractivity (Wildman–Crippen MR) is 73.1 cm³/mol. The number of hydrogen-bond donors (Lipinski definition) is 2. The van der Waals surface area contributed by atoms with Crippen molar-refractivity contribution in [2.45, 2.75) is 26.0 Å². The molecule has 0 spiro atoms. The molecule has 2 bridgehead atoms. The molecule has 0 aromatic heterocycles. The summed E-state index contributed by atoms with van der Waals surface area (Å²) in [7, 11) is 0. The molecule has 1 fully saturated rings. The number of fused-ring (bicyclic) bond motifs is 2. The molecule has 3 unspecified atom stereocenters. The molecule has 3 rings (SSSR count). The summed E-state index contributed by atoms with van der Waals surface area (Å²) in [6.45, 7) is 0.631. The van der Waals surface area contributed by atoms with E-state index in [1.165, 1.54) is 0 Å². The Morgan fingerprint density at radius 1 is 1.16 bits per heavy atom. The molecule has 1 aromatic rings. The Kier molecular flexibility index (Phi) is 3.38.